The first-order chi connectivity index (χ1) is 30.0. The average molecular weight is 787 g/mol. The third kappa shape index (κ3) is 7.00. The fourth-order valence-electron chi connectivity index (χ4n) is 9.04. The van der Waals surface area contributed by atoms with Crippen molar-refractivity contribution in [2.45, 2.75) is 34.6 Å². The van der Waals surface area contributed by atoms with Crippen molar-refractivity contribution in [3.05, 3.63) is 223 Å². The van der Waals surface area contributed by atoms with E-state index in [1.165, 1.54) is 93.8 Å². The van der Waals surface area contributed by atoms with Gasteiger partial charge < -0.3 is 9.13 Å². The van der Waals surface area contributed by atoms with Crippen LogP contribution < -0.4 is 0 Å². The van der Waals surface area contributed by atoms with Gasteiger partial charge in [0.25, 0.3) is 0 Å². The van der Waals surface area contributed by atoms with Gasteiger partial charge in [0.1, 0.15) is 0 Å². The van der Waals surface area contributed by atoms with E-state index in [1.807, 2.05) is 19.9 Å². The van der Waals surface area contributed by atoms with Crippen LogP contribution in [0.3, 0.4) is 0 Å². The molecule has 2 heterocycles. The van der Waals surface area contributed by atoms with E-state index in [9.17, 15) is 0 Å². The summed E-state index contributed by atoms with van der Waals surface area (Å²) in [6, 6.07) is 64.6. The minimum absolute atomic E-state index is 1.13. The molecule has 0 unspecified atom stereocenters. The molecule has 0 N–H and O–H groups in total. The summed E-state index contributed by atoms with van der Waals surface area (Å²) in [6.45, 7) is 14.6. The molecule has 0 amide bonds. The molecule has 10 aromatic rings. The Bertz CT molecular complexity index is 3190. The van der Waals surface area contributed by atoms with Gasteiger partial charge in [0, 0.05) is 21.5 Å². The van der Waals surface area contributed by atoms with Crippen LogP contribution in [-0.4, -0.2) is 9.13 Å². The summed E-state index contributed by atoms with van der Waals surface area (Å²) in [6.07, 6.45) is 8.20. The number of allylic oxidation sites excluding steroid dienone is 5. The highest BCUT2D eigenvalue weighted by Crippen LogP contribution is 2.41. The van der Waals surface area contributed by atoms with Crippen LogP contribution in [0.1, 0.15) is 37.5 Å². The molecule has 0 fully saturated rings. The monoisotopic (exact) mass is 786 g/mol. The summed E-state index contributed by atoms with van der Waals surface area (Å²) in [5.74, 6) is 0. The summed E-state index contributed by atoms with van der Waals surface area (Å²) < 4.78 is 4.96. The normalized spacial score (nSPS) is 11.8. The van der Waals surface area contributed by atoms with Crippen LogP contribution >= 0.6 is 0 Å². The van der Waals surface area contributed by atoms with Gasteiger partial charge in [-0.1, -0.05) is 166 Å². The van der Waals surface area contributed by atoms with Crippen molar-refractivity contribution in [2.75, 3.05) is 0 Å². The highest BCUT2D eigenvalue weighted by atomic mass is 15.0. The molecule has 0 aliphatic rings. The number of aryl methyl sites for hydroxylation is 2. The predicted octanol–water partition coefficient (Wildman–Crippen LogP) is 16.7. The molecule has 2 nitrogen and oxygen atoms in total. The van der Waals surface area contributed by atoms with E-state index < -0.39 is 0 Å². The first kappa shape index (κ1) is 39.1. The van der Waals surface area contributed by atoms with Crippen molar-refractivity contribution in [3.8, 4) is 44.8 Å². The lowest BCUT2D eigenvalue weighted by Gasteiger charge is -2.18. The van der Waals surface area contributed by atoms with Crippen LogP contribution in [-0.2, 0) is 0 Å². The molecule has 10 rings (SSSR count). The Hall–Kier alpha value is -7.42. The lowest BCUT2D eigenvalue weighted by molar-refractivity contribution is 1.09. The second kappa shape index (κ2) is 16.7. The van der Waals surface area contributed by atoms with Gasteiger partial charge in [-0.2, -0.15) is 0 Å². The van der Waals surface area contributed by atoms with Gasteiger partial charge >= 0.3 is 0 Å². The molecule has 8 aromatic carbocycles. The molecule has 0 spiro atoms. The Balaban J connectivity index is 0.00000235. The topological polar surface area (TPSA) is 9.86 Å². The van der Waals surface area contributed by atoms with Crippen LogP contribution in [0, 0.1) is 13.8 Å². The molecule has 0 saturated heterocycles. The number of hydrogen-bond acceptors (Lipinski definition) is 0. The van der Waals surface area contributed by atoms with Crippen LogP contribution in [0.4, 0.5) is 0 Å². The molecule has 0 saturated carbocycles. The average Bonchev–Trinajstić information content (AvgIpc) is 3.81. The Morgan fingerprint density at radius 1 is 0.426 bits per heavy atom. The number of nitrogens with zero attached hydrogens (tertiary/aromatic N) is 2. The summed E-state index contributed by atoms with van der Waals surface area (Å²) >= 11 is 0. The van der Waals surface area contributed by atoms with E-state index in [4.69, 9.17) is 0 Å². The maximum atomic E-state index is 4.01. The third-order valence-corrected chi connectivity index (χ3v) is 11.8. The maximum Gasteiger partial charge on any atom is 0.0541 e. The highest BCUT2D eigenvalue weighted by molar-refractivity contribution is 6.13. The molecule has 0 aliphatic heterocycles. The number of fused-ring (bicyclic) bond motifs is 6. The minimum Gasteiger partial charge on any atom is -0.309 e. The van der Waals surface area contributed by atoms with Gasteiger partial charge in [-0.15, -0.1) is 0 Å². The molecule has 0 aliphatic carbocycles. The third-order valence-electron chi connectivity index (χ3n) is 11.8. The SMILES string of the molecule is C=C/C=C(\C=C/C)c1ccc2c(c1)c1cc(-c3ccccc3)ccc1n2-c1cc(-n2c3ccc(-c4ccccc4)cc3c3cc(-c4ccccc4)ccc32)c(C)cc1C.CC. The number of benzene rings is 8. The maximum absolute atomic E-state index is 4.01. The zero-order valence-electron chi connectivity index (χ0n) is 35.7. The van der Waals surface area contributed by atoms with E-state index in [0.29, 0.717) is 0 Å². The van der Waals surface area contributed by atoms with Gasteiger partial charge in [0.15, 0.2) is 0 Å². The highest BCUT2D eigenvalue weighted by Gasteiger charge is 2.21. The van der Waals surface area contributed by atoms with Gasteiger partial charge in [0.2, 0.25) is 0 Å². The molecule has 0 bridgehead atoms. The summed E-state index contributed by atoms with van der Waals surface area (Å²) in [5, 5.41) is 4.92. The van der Waals surface area contributed by atoms with E-state index in [-0.39, 0.29) is 0 Å². The Labute approximate surface area is 359 Å². The molecular weight excluding hydrogens is 737 g/mol. The van der Waals surface area contributed by atoms with Gasteiger partial charge in [-0.3, -0.25) is 0 Å². The molecule has 61 heavy (non-hydrogen) atoms. The van der Waals surface area contributed by atoms with E-state index in [1.54, 1.807) is 0 Å². The summed E-state index contributed by atoms with van der Waals surface area (Å²) in [4.78, 5) is 0. The van der Waals surface area contributed by atoms with Crippen LogP contribution in [0.15, 0.2) is 207 Å². The van der Waals surface area contributed by atoms with Gasteiger partial charge in [0.05, 0.1) is 33.4 Å². The number of rotatable bonds is 8. The molecular formula is C59H50N2. The first-order valence-electron chi connectivity index (χ1n) is 21.4. The second-order valence-corrected chi connectivity index (χ2v) is 15.5. The number of aromatic nitrogens is 2. The summed E-state index contributed by atoms with van der Waals surface area (Å²) in [5.41, 5.74) is 19.1. The first-order valence-corrected chi connectivity index (χ1v) is 21.4. The van der Waals surface area contributed by atoms with Crippen molar-refractivity contribution in [3.63, 3.8) is 0 Å². The largest absolute Gasteiger partial charge is 0.309 e. The van der Waals surface area contributed by atoms with E-state index in [0.717, 1.165) is 16.8 Å². The predicted molar refractivity (Wildman–Crippen MR) is 265 cm³/mol. The van der Waals surface area contributed by atoms with Crippen molar-refractivity contribution in [1.82, 2.24) is 9.13 Å². The van der Waals surface area contributed by atoms with Gasteiger partial charge in [-0.25, -0.2) is 0 Å². The smallest absolute Gasteiger partial charge is 0.0541 e. The second-order valence-electron chi connectivity index (χ2n) is 15.5. The van der Waals surface area contributed by atoms with Crippen LogP contribution in [0.2, 0.25) is 0 Å². The lowest BCUT2D eigenvalue weighted by Crippen LogP contribution is -2.03. The molecule has 0 atom stereocenters. The molecule has 296 valence electrons. The lowest BCUT2D eigenvalue weighted by atomic mass is 10.00. The number of hydrogen-bond donors (Lipinski definition) is 0. The van der Waals surface area contributed by atoms with Crippen molar-refractivity contribution < 1.29 is 0 Å². The quantitative estimate of drug-likeness (QED) is 0.136. The Morgan fingerprint density at radius 2 is 0.803 bits per heavy atom. The van der Waals surface area contributed by atoms with Crippen LogP contribution in [0.25, 0.3) is 93.9 Å². The minimum atomic E-state index is 1.13. The fraction of sp³-hybridized carbons (Fsp3) is 0.0847. The van der Waals surface area contributed by atoms with E-state index in [2.05, 4.69) is 231 Å². The zero-order valence-corrected chi connectivity index (χ0v) is 35.7. The molecule has 2 aromatic heterocycles. The van der Waals surface area contributed by atoms with Crippen molar-refractivity contribution >= 4 is 49.2 Å². The van der Waals surface area contributed by atoms with E-state index >= 15 is 0 Å². The fourth-order valence-corrected chi connectivity index (χ4v) is 9.04. The Kier molecular flexibility index (Phi) is 10.7. The standard InChI is InChI=1S/C57H44N2.C2H6/c1-5-16-40(17-6-2)44-24-28-52-48(33-44)49-34-45(41-18-10-7-11-19-41)25-29-53(49)58(52)56-37-57(39(4)32-38(56)3)59-54-30-26-46(42-20-12-8-13-21-42)35-50(54)51-36-47(27-31-55(51)59)43-22-14-9-15-23-43;1-2/h5-37H,1H2,2-4H3;1-2H3/b17-6-,40-16+;. The molecule has 0 radical (unpaired) electrons. The van der Waals surface area contributed by atoms with Crippen molar-refractivity contribution in [2.24, 2.45) is 0 Å². The Morgan fingerprint density at radius 3 is 1.18 bits per heavy atom. The molecule has 2 heteroatoms. The van der Waals surface area contributed by atoms with Gasteiger partial charge in [-0.05, 0) is 131 Å². The van der Waals surface area contributed by atoms with Crippen molar-refractivity contribution in [1.29, 1.82) is 0 Å². The van der Waals surface area contributed by atoms with Crippen LogP contribution in [0.5, 0.6) is 0 Å². The zero-order chi connectivity index (χ0) is 42.0. The summed E-state index contributed by atoms with van der Waals surface area (Å²) in [7, 11) is 0.